The van der Waals surface area contributed by atoms with Crippen LogP contribution in [0.2, 0.25) is 0 Å². The maximum Gasteiger partial charge on any atom is 0.471 e. The molecule has 0 saturated carbocycles. The molecule has 1 heterocycles. The second kappa shape index (κ2) is 7.51. The van der Waals surface area contributed by atoms with Gasteiger partial charge in [-0.3, -0.25) is 9.59 Å². The highest BCUT2D eigenvalue weighted by Crippen LogP contribution is 2.21. The van der Waals surface area contributed by atoms with Gasteiger partial charge in [0.15, 0.2) is 0 Å². The number of aryl methyl sites for hydroxylation is 1. The van der Waals surface area contributed by atoms with Crippen molar-refractivity contribution in [2.45, 2.75) is 32.0 Å². The topological polar surface area (TPSA) is 49.4 Å². The van der Waals surface area contributed by atoms with E-state index in [4.69, 9.17) is 0 Å². The van der Waals surface area contributed by atoms with Crippen LogP contribution in [0.3, 0.4) is 0 Å². The third kappa shape index (κ3) is 5.11. The number of nitrogens with zero attached hydrogens (tertiary/aromatic N) is 1. The zero-order valence-corrected chi connectivity index (χ0v) is 13.3. The molecule has 0 bridgehead atoms. The Labute approximate surface area is 138 Å². The molecule has 1 N–H and O–H groups in total. The molecule has 1 aromatic rings. The molecule has 2 amide bonds. The number of halogens is 3. The van der Waals surface area contributed by atoms with Gasteiger partial charge in [0, 0.05) is 25.2 Å². The van der Waals surface area contributed by atoms with Crippen molar-refractivity contribution in [3.8, 4) is 0 Å². The van der Waals surface area contributed by atoms with Gasteiger partial charge in [-0.2, -0.15) is 13.2 Å². The Morgan fingerprint density at radius 1 is 1.25 bits per heavy atom. The van der Waals surface area contributed by atoms with Crippen LogP contribution < -0.4 is 5.32 Å². The third-order valence-corrected chi connectivity index (χ3v) is 3.84. The summed E-state index contributed by atoms with van der Waals surface area (Å²) in [4.78, 5) is 23.8. The van der Waals surface area contributed by atoms with E-state index in [1.807, 2.05) is 31.2 Å². The molecule has 1 aromatic carbocycles. The highest BCUT2D eigenvalue weighted by Gasteiger charge is 2.43. The number of benzene rings is 1. The first-order chi connectivity index (χ1) is 11.3. The van der Waals surface area contributed by atoms with Gasteiger partial charge in [0.05, 0.1) is 0 Å². The monoisotopic (exact) mass is 340 g/mol. The molecule has 0 atom stereocenters. The molecule has 4 nitrogen and oxygen atoms in total. The summed E-state index contributed by atoms with van der Waals surface area (Å²) >= 11 is 0. The Morgan fingerprint density at radius 3 is 2.50 bits per heavy atom. The molecule has 1 aliphatic heterocycles. The van der Waals surface area contributed by atoms with Crippen molar-refractivity contribution in [1.82, 2.24) is 10.2 Å². The average Bonchev–Trinajstić information content (AvgIpc) is 2.52. The first-order valence-electron chi connectivity index (χ1n) is 7.67. The Bertz CT molecular complexity index is 633. The molecule has 0 unspecified atom stereocenters. The van der Waals surface area contributed by atoms with E-state index < -0.39 is 12.1 Å². The third-order valence-electron chi connectivity index (χ3n) is 3.84. The Morgan fingerprint density at radius 2 is 1.92 bits per heavy atom. The van der Waals surface area contributed by atoms with Gasteiger partial charge < -0.3 is 10.2 Å². The summed E-state index contributed by atoms with van der Waals surface area (Å²) in [7, 11) is 0. The first kappa shape index (κ1) is 18.0. The van der Waals surface area contributed by atoms with Crippen molar-refractivity contribution >= 4 is 17.9 Å². The molecule has 0 aromatic heterocycles. The maximum atomic E-state index is 12.4. The number of piperidine rings is 1. The highest BCUT2D eigenvalue weighted by atomic mass is 19.4. The molecule has 130 valence electrons. The quantitative estimate of drug-likeness (QED) is 0.860. The van der Waals surface area contributed by atoms with Gasteiger partial charge in [-0.1, -0.05) is 29.8 Å². The fourth-order valence-electron chi connectivity index (χ4n) is 2.60. The normalized spacial score (nSPS) is 16.4. The number of carbonyl (C=O) groups is 2. The van der Waals surface area contributed by atoms with Gasteiger partial charge in [-0.15, -0.1) is 0 Å². The van der Waals surface area contributed by atoms with Crippen LogP contribution in [0.4, 0.5) is 13.2 Å². The standard InChI is InChI=1S/C17H19F3N2O2/c1-12-3-2-4-13(11-12)5-6-15(23)21-14-7-9-22(10-8-14)16(24)17(18,19)20/h2-6,11,14H,7-10H2,1H3,(H,21,23)/b6-5+. The molecular weight excluding hydrogens is 321 g/mol. The van der Waals surface area contributed by atoms with Gasteiger partial charge in [0.2, 0.25) is 5.91 Å². The van der Waals surface area contributed by atoms with Crippen LogP contribution in [-0.2, 0) is 9.59 Å². The number of alkyl halides is 3. The molecule has 24 heavy (non-hydrogen) atoms. The number of amides is 2. The lowest BCUT2D eigenvalue weighted by molar-refractivity contribution is -0.186. The Hall–Kier alpha value is -2.31. The van der Waals surface area contributed by atoms with E-state index in [0.717, 1.165) is 16.0 Å². The van der Waals surface area contributed by atoms with Crippen molar-refractivity contribution in [2.24, 2.45) is 0 Å². The van der Waals surface area contributed by atoms with Gasteiger partial charge in [0.25, 0.3) is 0 Å². The SMILES string of the molecule is Cc1cccc(/C=C/C(=O)NC2CCN(C(=O)C(F)(F)F)CC2)c1. The van der Waals surface area contributed by atoms with E-state index in [1.165, 1.54) is 6.08 Å². The average molecular weight is 340 g/mol. The zero-order valence-electron chi connectivity index (χ0n) is 13.3. The minimum absolute atomic E-state index is 0.00904. The number of carbonyl (C=O) groups excluding carboxylic acids is 2. The molecule has 2 rings (SSSR count). The van der Waals surface area contributed by atoms with Crippen LogP contribution in [0.25, 0.3) is 6.08 Å². The molecule has 1 saturated heterocycles. The number of rotatable bonds is 3. The summed E-state index contributed by atoms with van der Waals surface area (Å²) in [5, 5.41) is 2.76. The summed E-state index contributed by atoms with van der Waals surface area (Å²) < 4.78 is 37.1. The minimum atomic E-state index is -4.84. The summed E-state index contributed by atoms with van der Waals surface area (Å²) in [5.74, 6) is -2.11. The summed E-state index contributed by atoms with van der Waals surface area (Å²) in [6.45, 7) is 1.93. The smallest absolute Gasteiger partial charge is 0.350 e. The number of hydrogen-bond donors (Lipinski definition) is 1. The summed E-state index contributed by atoms with van der Waals surface area (Å²) in [5.41, 5.74) is 1.98. The predicted octanol–water partition coefficient (Wildman–Crippen LogP) is 2.68. The van der Waals surface area contributed by atoms with Crippen LogP contribution in [-0.4, -0.2) is 42.0 Å². The van der Waals surface area contributed by atoms with Crippen molar-refractivity contribution < 1.29 is 22.8 Å². The van der Waals surface area contributed by atoms with Crippen LogP contribution >= 0.6 is 0 Å². The lowest BCUT2D eigenvalue weighted by Gasteiger charge is -2.32. The van der Waals surface area contributed by atoms with E-state index in [9.17, 15) is 22.8 Å². The van der Waals surface area contributed by atoms with Crippen molar-refractivity contribution in [3.63, 3.8) is 0 Å². The Kier molecular flexibility index (Phi) is 5.64. The fraction of sp³-hybridized carbons (Fsp3) is 0.412. The van der Waals surface area contributed by atoms with Crippen LogP contribution in [0.5, 0.6) is 0 Å². The molecule has 0 spiro atoms. The van der Waals surface area contributed by atoms with E-state index >= 15 is 0 Å². The number of likely N-dealkylation sites (tertiary alicyclic amines) is 1. The van der Waals surface area contributed by atoms with E-state index in [0.29, 0.717) is 12.8 Å². The molecule has 7 heteroatoms. The molecule has 0 aliphatic carbocycles. The van der Waals surface area contributed by atoms with Gasteiger partial charge >= 0.3 is 12.1 Å². The molecule has 1 fully saturated rings. The van der Waals surface area contributed by atoms with Crippen molar-refractivity contribution in [3.05, 3.63) is 41.5 Å². The van der Waals surface area contributed by atoms with Gasteiger partial charge in [-0.25, -0.2) is 0 Å². The summed E-state index contributed by atoms with van der Waals surface area (Å²) in [6.07, 6.45) is -1.13. The van der Waals surface area contributed by atoms with Crippen molar-refractivity contribution in [1.29, 1.82) is 0 Å². The van der Waals surface area contributed by atoms with Gasteiger partial charge in [-0.05, 0) is 31.4 Å². The first-order valence-corrected chi connectivity index (χ1v) is 7.67. The molecule has 1 aliphatic rings. The van der Waals surface area contributed by atoms with Crippen LogP contribution in [0.15, 0.2) is 30.3 Å². The maximum absolute atomic E-state index is 12.4. The lowest BCUT2D eigenvalue weighted by atomic mass is 10.0. The number of hydrogen-bond acceptors (Lipinski definition) is 2. The molecule has 0 radical (unpaired) electrons. The zero-order chi connectivity index (χ0) is 17.7. The predicted molar refractivity (Wildman–Crippen MR) is 84.0 cm³/mol. The van der Waals surface area contributed by atoms with E-state index in [-0.39, 0.29) is 25.0 Å². The highest BCUT2D eigenvalue weighted by molar-refractivity contribution is 5.92. The minimum Gasteiger partial charge on any atom is -0.350 e. The number of nitrogens with one attached hydrogen (secondary N) is 1. The van der Waals surface area contributed by atoms with Gasteiger partial charge in [0.1, 0.15) is 0 Å². The van der Waals surface area contributed by atoms with Crippen molar-refractivity contribution in [2.75, 3.05) is 13.1 Å². The summed E-state index contributed by atoms with van der Waals surface area (Å²) in [6, 6.07) is 7.42. The largest absolute Gasteiger partial charge is 0.471 e. The second-order valence-corrected chi connectivity index (χ2v) is 5.82. The lowest BCUT2D eigenvalue weighted by Crippen LogP contribution is -2.49. The van der Waals surface area contributed by atoms with Crippen LogP contribution in [0.1, 0.15) is 24.0 Å². The van der Waals surface area contributed by atoms with E-state index in [1.54, 1.807) is 6.08 Å². The second-order valence-electron chi connectivity index (χ2n) is 5.82. The van der Waals surface area contributed by atoms with E-state index in [2.05, 4.69) is 5.32 Å². The fourth-order valence-corrected chi connectivity index (χ4v) is 2.60. The van der Waals surface area contributed by atoms with Crippen LogP contribution in [0, 0.1) is 6.92 Å². The Balaban J connectivity index is 1.81. The molecular formula is C17H19F3N2O2.